The second-order valence-electron chi connectivity index (χ2n) is 5.14. The van der Waals surface area contributed by atoms with Gasteiger partial charge in [-0.05, 0) is 26.0 Å². The van der Waals surface area contributed by atoms with E-state index in [9.17, 15) is 0 Å². The second kappa shape index (κ2) is 5.46. The Bertz CT molecular complexity index is 356. The Kier molecular flexibility index (Phi) is 4.17. The maximum absolute atomic E-state index is 5.98. The minimum absolute atomic E-state index is 0.0779. The minimum Gasteiger partial charge on any atom is -0.369 e. The van der Waals surface area contributed by atoms with Gasteiger partial charge in [-0.25, -0.2) is 0 Å². The first-order valence-corrected chi connectivity index (χ1v) is 7.07. The molecule has 0 aliphatic carbocycles. The van der Waals surface area contributed by atoms with Gasteiger partial charge in [0, 0.05) is 31.2 Å². The van der Waals surface area contributed by atoms with Crippen LogP contribution in [0.2, 0.25) is 0 Å². The average molecular weight is 299 g/mol. The highest BCUT2D eigenvalue weighted by Gasteiger charge is 2.32. The zero-order valence-electron chi connectivity index (χ0n) is 10.4. The Balaban J connectivity index is 2.01. The van der Waals surface area contributed by atoms with Gasteiger partial charge in [-0.3, -0.25) is 9.88 Å². The van der Waals surface area contributed by atoms with Crippen LogP contribution in [0.3, 0.4) is 0 Å². The molecule has 1 fully saturated rings. The van der Waals surface area contributed by atoms with Crippen molar-refractivity contribution < 1.29 is 4.74 Å². The highest BCUT2D eigenvalue weighted by molar-refractivity contribution is 9.09. The number of hydrogen-bond acceptors (Lipinski definition) is 3. The van der Waals surface area contributed by atoms with Crippen molar-refractivity contribution in [3.8, 4) is 0 Å². The monoisotopic (exact) mass is 298 g/mol. The van der Waals surface area contributed by atoms with Crippen LogP contribution in [0.5, 0.6) is 0 Å². The summed E-state index contributed by atoms with van der Waals surface area (Å²) in [4.78, 5) is 6.79. The molecule has 0 saturated carbocycles. The zero-order valence-corrected chi connectivity index (χ0v) is 12.0. The van der Waals surface area contributed by atoms with E-state index in [0.29, 0.717) is 0 Å². The van der Waals surface area contributed by atoms with Gasteiger partial charge in [0.1, 0.15) is 0 Å². The number of halogens is 1. The quantitative estimate of drug-likeness (QED) is 0.802. The number of ether oxygens (including phenoxy) is 1. The Hall–Kier alpha value is -0.450. The van der Waals surface area contributed by atoms with Crippen molar-refractivity contribution in [2.75, 3.05) is 18.4 Å². The molecular weight excluding hydrogens is 280 g/mol. The van der Waals surface area contributed by atoms with E-state index < -0.39 is 0 Å². The van der Waals surface area contributed by atoms with Crippen LogP contribution in [0, 0.1) is 0 Å². The number of nitrogens with zero attached hydrogens (tertiary/aromatic N) is 2. The van der Waals surface area contributed by atoms with Gasteiger partial charge in [-0.1, -0.05) is 22.0 Å². The van der Waals surface area contributed by atoms with E-state index in [-0.39, 0.29) is 11.7 Å². The highest BCUT2D eigenvalue weighted by Crippen LogP contribution is 2.23. The van der Waals surface area contributed by atoms with Crippen molar-refractivity contribution in [2.45, 2.75) is 32.1 Å². The summed E-state index contributed by atoms with van der Waals surface area (Å²) >= 11 is 3.51. The van der Waals surface area contributed by atoms with Crippen molar-refractivity contribution >= 4 is 15.9 Å². The van der Waals surface area contributed by atoms with E-state index in [1.807, 2.05) is 18.3 Å². The Morgan fingerprint density at radius 2 is 2.35 bits per heavy atom. The number of alkyl halides is 1. The van der Waals surface area contributed by atoms with Crippen molar-refractivity contribution in [2.24, 2.45) is 0 Å². The Morgan fingerprint density at radius 3 is 3.00 bits per heavy atom. The van der Waals surface area contributed by atoms with Crippen LogP contribution in [0.1, 0.15) is 19.5 Å². The lowest BCUT2D eigenvalue weighted by Gasteiger charge is -2.42. The molecular formula is C13H19BrN2O. The van der Waals surface area contributed by atoms with E-state index in [1.165, 1.54) is 0 Å². The van der Waals surface area contributed by atoms with E-state index >= 15 is 0 Å². The normalized spacial score (nSPS) is 24.8. The molecule has 2 rings (SSSR count). The fraction of sp³-hybridized carbons (Fsp3) is 0.615. The number of rotatable bonds is 3. The molecule has 1 aromatic heterocycles. The first-order chi connectivity index (χ1) is 8.09. The average Bonchev–Trinajstić information content (AvgIpc) is 2.28. The van der Waals surface area contributed by atoms with Crippen molar-refractivity contribution in [1.82, 2.24) is 9.88 Å². The molecule has 3 nitrogen and oxygen atoms in total. The lowest BCUT2D eigenvalue weighted by atomic mass is 10.1. The molecule has 1 aliphatic rings. The fourth-order valence-electron chi connectivity index (χ4n) is 2.34. The third-order valence-electron chi connectivity index (χ3n) is 2.84. The van der Waals surface area contributed by atoms with Gasteiger partial charge in [0.05, 0.1) is 17.4 Å². The lowest BCUT2D eigenvalue weighted by molar-refractivity contribution is -0.128. The van der Waals surface area contributed by atoms with Gasteiger partial charge >= 0.3 is 0 Å². The summed E-state index contributed by atoms with van der Waals surface area (Å²) < 4.78 is 5.98. The number of hydrogen-bond donors (Lipinski definition) is 0. The van der Waals surface area contributed by atoms with Gasteiger partial charge in [-0.15, -0.1) is 0 Å². The molecule has 0 bridgehead atoms. The molecule has 1 aromatic rings. The number of aromatic nitrogens is 1. The first-order valence-electron chi connectivity index (χ1n) is 5.95. The maximum atomic E-state index is 5.98. The Morgan fingerprint density at radius 1 is 1.53 bits per heavy atom. The predicted molar refractivity (Wildman–Crippen MR) is 72.3 cm³/mol. The lowest BCUT2D eigenvalue weighted by Crippen LogP contribution is -2.52. The molecule has 1 atom stereocenters. The van der Waals surface area contributed by atoms with E-state index in [4.69, 9.17) is 4.74 Å². The molecule has 0 amide bonds. The summed E-state index contributed by atoms with van der Waals surface area (Å²) in [5.74, 6) is 0. The predicted octanol–water partition coefficient (Wildman–Crippen LogP) is 2.46. The van der Waals surface area contributed by atoms with E-state index in [0.717, 1.165) is 30.7 Å². The smallest absolute Gasteiger partial charge is 0.0806 e. The minimum atomic E-state index is -0.0779. The van der Waals surface area contributed by atoms with Gasteiger partial charge in [0.25, 0.3) is 0 Å². The SMILES string of the molecule is CC1(C)CN(Cc2ccccn2)CC(CBr)O1. The van der Waals surface area contributed by atoms with E-state index in [2.05, 4.69) is 45.7 Å². The van der Waals surface area contributed by atoms with Gasteiger partial charge < -0.3 is 4.74 Å². The van der Waals surface area contributed by atoms with Crippen molar-refractivity contribution in [3.63, 3.8) is 0 Å². The van der Waals surface area contributed by atoms with Gasteiger partial charge in [0.2, 0.25) is 0 Å². The number of pyridine rings is 1. The molecule has 2 heterocycles. The largest absolute Gasteiger partial charge is 0.369 e. The molecule has 0 radical (unpaired) electrons. The summed E-state index contributed by atoms with van der Waals surface area (Å²) in [7, 11) is 0. The molecule has 0 N–H and O–H groups in total. The second-order valence-corrected chi connectivity index (χ2v) is 5.79. The first kappa shape index (κ1) is 13.0. The molecule has 0 aromatic carbocycles. The van der Waals surface area contributed by atoms with Crippen LogP contribution in [-0.4, -0.2) is 40.0 Å². The third kappa shape index (κ3) is 3.76. The summed E-state index contributed by atoms with van der Waals surface area (Å²) in [5.41, 5.74) is 1.05. The third-order valence-corrected chi connectivity index (χ3v) is 3.56. The zero-order chi connectivity index (χ0) is 12.3. The molecule has 17 heavy (non-hydrogen) atoms. The van der Waals surface area contributed by atoms with E-state index in [1.54, 1.807) is 0 Å². The number of morpholine rings is 1. The molecule has 1 saturated heterocycles. The Labute approximate surface area is 111 Å². The molecule has 4 heteroatoms. The standard InChI is InChI=1S/C13H19BrN2O/c1-13(2)10-16(9-12(7-14)17-13)8-11-5-3-4-6-15-11/h3-6,12H,7-10H2,1-2H3. The van der Waals surface area contributed by atoms with Crippen LogP contribution in [0.4, 0.5) is 0 Å². The maximum Gasteiger partial charge on any atom is 0.0806 e. The topological polar surface area (TPSA) is 25.4 Å². The van der Waals surface area contributed by atoms with Gasteiger partial charge in [0.15, 0.2) is 0 Å². The highest BCUT2D eigenvalue weighted by atomic mass is 79.9. The summed E-state index contributed by atoms with van der Waals surface area (Å²) in [6.45, 7) is 7.11. The van der Waals surface area contributed by atoms with Crippen LogP contribution < -0.4 is 0 Å². The molecule has 0 spiro atoms. The fourth-order valence-corrected chi connectivity index (χ4v) is 2.68. The van der Waals surface area contributed by atoms with Crippen molar-refractivity contribution in [3.05, 3.63) is 30.1 Å². The molecule has 1 aliphatic heterocycles. The molecule has 94 valence electrons. The van der Waals surface area contributed by atoms with Gasteiger partial charge in [-0.2, -0.15) is 0 Å². The summed E-state index contributed by atoms with van der Waals surface area (Å²) in [5, 5.41) is 0.884. The molecule has 1 unspecified atom stereocenters. The van der Waals surface area contributed by atoms with Crippen LogP contribution in [0.15, 0.2) is 24.4 Å². The van der Waals surface area contributed by atoms with Crippen LogP contribution in [0.25, 0.3) is 0 Å². The van der Waals surface area contributed by atoms with Crippen LogP contribution in [-0.2, 0) is 11.3 Å². The summed E-state index contributed by atoms with van der Waals surface area (Å²) in [6, 6.07) is 6.07. The van der Waals surface area contributed by atoms with Crippen molar-refractivity contribution in [1.29, 1.82) is 0 Å². The summed E-state index contributed by atoms with van der Waals surface area (Å²) in [6.07, 6.45) is 2.12. The van der Waals surface area contributed by atoms with Crippen LogP contribution >= 0.6 is 15.9 Å².